The third-order valence-electron chi connectivity index (χ3n) is 7.12. The van der Waals surface area contributed by atoms with Crippen LogP contribution in [0.4, 0.5) is 5.69 Å². The summed E-state index contributed by atoms with van der Waals surface area (Å²) in [6, 6.07) is 10.6. The second-order valence-corrected chi connectivity index (χ2v) is 10.2. The highest BCUT2D eigenvalue weighted by Crippen LogP contribution is 2.36. The first kappa shape index (κ1) is 27.4. The Kier molecular flexibility index (Phi) is 8.13. The number of carbonyl (C=O) groups excluding carboxylic acids is 2. The normalized spacial score (nSPS) is 18.9. The molecule has 5 rings (SSSR count). The zero-order valence-corrected chi connectivity index (χ0v) is 22.7. The van der Waals surface area contributed by atoms with E-state index in [1.54, 1.807) is 23.1 Å². The lowest BCUT2D eigenvalue weighted by Gasteiger charge is -2.38. The number of nitrogens with zero attached hydrogens (tertiary/aromatic N) is 4. The molecule has 11 nitrogen and oxygen atoms in total. The van der Waals surface area contributed by atoms with Crippen LogP contribution >= 0.6 is 0 Å². The number of amides is 2. The number of aliphatic hydroxyl groups is 1. The highest BCUT2D eigenvalue weighted by Gasteiger charge is 2.34. The number of ether oxygens (including phenoxy) is 3. The maximum Gasteiger partial charge on any atom is 0.275 e. The fourth-order valence-corrected chi connectivity index (χ4v) is 4.89. The Hall–Kier alpha value is -4.22. The first-order chi connectivity index (χ1) is 19.3. The van der Waals surface area contributed by atoms with E-state index in [-0.39, 0.29) is 42.8 Å². The Morgan fingerprint density at radius 3 is 2.83 bits per heavy atom. The molecule has 0 unspecified atom stereocenters. The molecule has 40 heavy (non-hydrogen) atoms. The molecule has 0 aliphatic carbocycles. The number of para-hydroxylation sites is 1. The van der Waals surface area contributed by atoms with Crippen LogP contribution in [0, 0.1) is 5.92 Å². The maximum atomic E-state index is 13.7. The van der Waals surface area contributed by atoms with Crippen molar-refractivity contribution in [3.8, 4) is 17.2 Å². The van der Waals surface area contributed by atoms with Crippen LogP contribution in [0.25, 0.3) is 0 Å². The van der Waals surface area contributed by atoms with E-state index >= 15 is 0 Å². The quantitative estimate of drug-likeness (QED) is 0.438. The lowest BCUT2D eigenvalue weighted by atomic mass is 9.98. The van der Waals surface area contributed by atoms with Crippen LogP contribution in [0.15, 0.2) is 55.0 Å². The van der Waals surface area contributed by atoms with Gasteiger partial charge in [-0.25, -0.2) is 4.98 Å². The van der Waals surface area contributed by atoms with E-state index in [0.29, 0.717) is 30.9 Å². The van der Waals surface area contributed by atoms with E-state index in [0.717, 1.165) is 17.1 Å². The van der Waals surface area contributed by atoms with Gasteiger partial charge in [0.2, 0.25) is 6.79 Å². The van der Waals surface area contributed by atoms with Crippen LogP contribution in [0.5, 0.6) is 17.2 Å². The summed E-state index contributed by atoms with van der Waals surface area (Å²) in [5.74, 6) is 0.919. The van der Waals surface area contributed by atoms with Crippen molar-refractivity contribution < 1.29 is 28.9 Å². The van der Waals surface area contributed by atoms with E-state index in [9.17, 15) is 14.7 Å². The molecule has 2 aromatic carbocycles. The van der Waals surface area contributed by atoms with Crippen molar-refractivity contribution in [3.05, 3.63) is 71.8 Å². The maximum absolute atomic E-state index is 13.7. The number of benzene rings is 2. The van der Waals surface area contributed by atoms with Gasteiger partial charge in [-0.05, 0) is 43.8 Å². The predicted octanol–water partition coefficient (Wildman–Crippen LogP) is 2.81. The molecule has 1 aromatic heterocycles. The smallest absolute Gasteiger partial charge is 0.275 e. The lowest BCUT2D eigenvalue weighted by molar-refractivity contribution is 0.0343. The second-order valence-electron chi connectivity index (χ2n) is 10.2. The van der Waals surface area contributed by atoms with Gasteiger partial charge in [0.25, 0.3) is 11.8 Å². The molecule has 0 bridgehead atoms. The van der Waals surface area contributed by atoms with Gasteiger partial charge < -0.3 is 29.5 Å². The number of fused-ring (bicyclic) bond motifs is 2. The molecule has 0 radical (unpaired) electrons. The molecule has 11 heteroatoms. The molecule has 2 amide bonds. The van der Waals surface area contributed by atoms with Crippen LogP contribution in [-0.2, 0) is 6.54 Å². The number of likely N-dealkylation sites (N-methyl/N-ethyl adjacent to an activating group) is 1. The molecule has 0 fully saturated rings. The summed E-state index contributed by atoms with van der Waals surface area (Å²) in [5, 5.41) is 12.8. The van der Waals surface area contributed by atoms with Gasteiger partial charge in [-0.15, -0.1) is 0 Å². The SMILES string of the molecule is C[C@@H]1CN([C@H](C)CO)C(=O)c2cccc(NC(=O)c3cnccn3)c2O[C@@H]1CN(C)Cc1ccc2c(c1)OCO2. The van der Waals surface area contributed by atoms with Gasteiger partial charge >= 0.3 is 0 Å². The zero-order chi connectivity index (χ0) is 28.2. The Bertz CT molecular complexity index is 1370. The van der Waals surface area contributed by atoms with Gasteiger partial charge in [-0.3, -0.25) is 19.5 Å². The molecule has 2 aliphatic heterocycles. The number of nitrogens with one attached hydrogen (secondary N) is 1. The molecule has 210 valence electrons. The number of carbonyl (C=O) groups is 2. The standard InChI is InChI=1S/C29H33N5O6/c1-18-13-34(19(2)16-35)29(37)21-5-4-6-22(32-28(36)23-12-30-9-10-31-23)27(21)40-26(18)15-33(3)14-20-7-8-24-25(11-20)39-17-38-24/h4-12,18-19,26,35H,13-17H2,1-3H3,(H,32,36)/t18-,19-,26-/m1/s1. The summed E-state index contributed by atoms with van der Waals surface area (Å²) < 4.78 is 17.5. The van der Waals surface area contributed by atoms with Gasteiger partial charge in [0.05, 0.1) is 30.1 Å². The summed E-state index contributed by atoms with van der Waals surface area (Å²) in [6.07, 6.45) is 3.95. The Labute approximate surface area is 232 Å². The monoisotopic (exact) mass is 547 g/mol. The predicted molar refractivity (Wildman–Crippen MR) is 146 cm³/mol. The molecular weight excluding hydrogens is 514 g/mol. The molecule has 2 aliphatic rings. The molecular formula is C29H33N5O6. The summed E-state index contributed by atoms with van der Waals surface area (Å²) >= 11 is 0. The average Bonchev–Trinajstić information content (AvgIpc) is 3.43. The number of anilines is 1. The summed E-state index contributed by atoms with van der Waals surface area (Å²) in [7, 11) is 2.00. The Morgan fingerprint density at radius 1 is 1.23 bits per heavy atom. The van der Waals surface area contributed by atoms with Crippen LogP contribution < -0.4 is 19.5 Å². The van der Waals surface area contributed by atoms with E-state index in [1.165, 1.54) is 18.6 Å². The third-order valence-corrected chi connectivity index (χ3v) is 7.12. The van der Waals surface area contributed by atoms with Gasteiger partial charge in [0.1, 0.15) is 11.8 Å². The number of aliphatic hydroxyl groups excluding tert-OH is 1. The van der Waals surface area contributed by atoms with Crippen molar-refractivity contribution in [2.24, 2.45) is 5.92 Å². The minimum Gasteiger partial charge on any atom is -0.486 e. The zero-order valence-electron chi connectivity index (χ0n) is 22.7. The highest BCUT2D eigenvalue weighted by molar-refractivity contribution is 6.06. The van der Waals surface area contributed by atoms with E-state index < -0.39 is 11.9 Å². The lowest BCUT2D eigenvalue weighted by Crippen LogP contribution is -2.49. The van der Waals surface area contributed by atoms with Crippen molar-refractivity contribution >= 4 is 17.5 Å². The molecule has 0 spiro atoms. The van der Waals surface area contributed by atoms with Crippen molar-refractivity contribution in [2.45, 2.75) is 32.5 Å². The van der Waals surface area contributed by atoms with E-state index in [1.807, 2.05) is 39.1 Å². The van der Waals surface area contributed by atoms with E-state index in [2.05, 4.69) is 20.2 Å². The fourth-order valence-electron chi connectivity index (χ4n) is 4.89. The topological polar surface area (TPSA) is 126 Å². The van der Waals surface area contributed by atoms with Crippen LogP contribution in [-0.4, -0.2) is 82.4 Å². The first-order valence-electron chi connectivity index (χ1n) is 13.2. The van der Waals surface area contributed by atoms with Gasteiger partial charge in [0.15, 0.2) is 17.2 Å². The van der Waals surface area contributed by atoms with Crippen LogP contribution in [0.2, 0.25) is 0 Å². The molecule has 3 heterocycles. The minimum atomic E-state index is -0.468. The number of aromatic nitrogens is 2. The highest BCUT2D eigenvalue weighted by atomic mass is 16.7. The largest absolute Gasteiger partial charge is 0.486 e. The third kappa shape index (κ3) is 5.85. The Balaban J connectivity index is 1.43. The fraction of sp³-hybridized carbons (Fsp3) is 0.379. The van der Waals surface area contributed by atoms with Crippen molar-refractivity contribution in [1.29, 1.82) is 0 Å². The van der Waals surface area contributed by atoms with Crippen LogP contribution in [0.3, 0.4) is 0 Å². The molecule has 3 atom stereocenters. The molecule has 0 saturated carbocycles. The molecule has 0 saturated heterocycles. The van der Waals surface area contributed by atoms with Crippen molar-refractivity contribution in [3.63, 3.8) is 0 Å². The summed E-state index contributed by atoms with van der Waals surface area (Å²) in [5.41, 5.74) is 1.87. The Morgan fingerprint density at radius 2 is 2.05 bits per heavy atom. The van der Waals surface area contributed by atoms with E-state index in [4.69, 9.17) is 14.2 Å². The molecule has 2 N–H and O–H groups in total. The number of hydrogen-bond acceptors (Lipinski definition) is 9. The van der Waals surface area contributed by atoms with Gasteiger partial charge in [-0.2, -0.15) is 0 Å². The van der Waals surface area contributed by atoms with Gasteiger partial charge in [0, 0.05) is 37.9 Å². The summed E-state index contributed by atoms with van der Waals surface area (Å²) in [4.78, 5) is 38.5. The van der Waals surface area contributed by atoms with Crippen molar-refractivity contribution in [2.75, 3.05) is 38.9 Å². The van der Waals surface area contributed by atoms with Crippen molar-refractivity contribution in [1.82, 2.24) is 19.8 Å². The average molecular weight is 548 g/mol. The van der Waals surface area contributed by atoms with Crippen LogP contribution in [0.1, 0.15) is 40.3 Å². The summed E-state index contributed by atoms with van der Waals surface area (Å²) in [6.45, 7) is 5.46. The second kappa shape index (κ2) is 11.9. The number of hydrogen-bond donors (Lipinski definition) is 2. The number of rotatable bonds is 8. The first-order valence-corrected chi connectivity index (χ1v) is 13.2. The molecule has 3 aromatic rings. The van der Waals surface area contributed by atoms with Gasteiger partial charge in [-0.1, -0.05) is 19.1 Å². The minimum absolute atomic E-state index is 0.0888.